The molecule has 1 heterocycles. The highest BCUT2D eigenvalue weighted by molar-refractivity contribution is 5.93. The Morgan fingerprint density at radius 2 is 2.12 bits per heavy atom. The smallest absolute Gasteiger partial charge is 0.299 e. The van der Waals surface area contributed by atoms with Gasteiger partial charge in [-0.25, -0.2) is 0 Å². The summed E-state index contributed by atoms with van der Waals surface area (Å²) in [7, 11) is 0. The van der Waals surface area contributed by atoms with E-state index in [0.29, 0.717) is 12.1 Å². The zero-order valence-electron chi connectivity index (χ0n) is 9.80. The molecule has 1 fully saturated rings. The fraction of sp³-hybridized carbons (Fsp3) is 0.583. The first-order valence-electron chi connectivity index (χ1n) is 5.96. The highest BCUT2D eigenvalue weighted by Gasteiger charge is 2.24. The summed E-state index contributed by atoms with van der Waals surface area (Å²) in [6, 6.07) is 0. The van der Waals surface area contributed by atoms with Crippen molar-refractivity contribution in [1.82, 2.24) is 4.90 Å². The van der Waals surface area contributed by atoms with Crippen molar-refractivity contribution in [3.05, 3.63) is 29.1 Å². The van der Waals surface area contributed by atoms with E-state index < -0.39 is 0 Å². The summed E-state index contributed by atoms with van der Waals surface area (Å²) in [5.41, 5.74) is 10.4. The van der Waals surface area contributed by atoms with Gasteiger partial charge in [0.2, 0.25) is 0 Å². The van der Waals surface area contributed by atoms with Crippen molar-refractivity contribution in [1.29, 1.82) is 0 Å². The molecular weight excluding hydrogens is 218 g/mol. The number of nitrogens with zero attached hydrogens (tertiary/aromatic N) is 3. The number of aliphatic hydroxyl groups is 1. The van der Waals surface area contributed by atoms with E-state index in [1.165, 1.54) is 12.8 Å². The SMILES string of the molecule is [N-]=[N+]=C1C=CC(N2CCCC2)=C(OCCO)C1. The first kappa shape index (κ1) is 11.9. The molecular formula is C12H17N3O2. The van der Waals surface area contributed by atoms with Gasteiger partial charge < -0.3 is 20.3 Å². The van der Waals surface area contributed by atoms with Crippen LogP contribution in [0.15, 0.2) is 23.6 Å². The topological polar surface area (TPSA) is 69.1 Å². The molecule has 5 nitrogen and oxygen atoms in total. The van der Waals surface area contributed by atoms with Crippen LogP contribution >= 0.6 is 0 Å². The normalized spacial score (nSPS) is 19.8. The Morgan fingerprint density at radius 1 is 1.35 bits per heavy atom. The molecule has 0 aromatic carbocycles. The Balaban J connectivity index is 2.18. The molecule has 2 aliphatic rings. The van der Waals surface area contributed by atoms with Crippen LogP contribution in [0.3, 0.4) is 0 Å². The molecule has 0 aromatic heterocycles. The average Bonchev–Trinajstić information content (AvgIpc) is 2.89. The van der Waals surface area contributed by atoms with Crippen molar-refractivity contribution >= 4 is 5.71 Å². The van der Waals surface area contributed by atoms with Gasteiger partial charge in [-0.3, -0.25) is 0 Å². The lowest BCUT2D eigenvalue weighted by Gasteiger charge is -2.24. The second-order valence-electron chi connectivity index (χ2n) is 4.18. The number of hydrogen-bond acceptors (Lipinski definition) is 3. The monoisotopic (exact) mass is 235 g/mol. The maximum atomic E-state index is 8.81. The van der Waals surface area contributed by atoms with E-state index in [4.69, 9.17) is 15.4 Å². The number of allylic oxidation sites excluding steroid dienone is 3. The number of ether oxygens (including phenoxy) is 1. The molecule has 0 saturated carbocycles. The van der Waals surface area contributed by atoms with Gasteiger partial charge in [0.05, 0.1) is 12.3 Å². The Kier molecular flexibility index (Phi) is 3.96. The Bertz CT molecular complexity index is 389. The van der Waals surface area contributed by atoms with Gasteiger partial charge in [-0.05, 0) is 18.9 Å². The molecule has 0 atom stereocenters. The van der Waals surface area contributed by atoms with Crippen molar-refractivity contribution in [3.8, 4) is 0 Å². The minimum absolute atomic E-state index is 0.00784. The minimum Gasteiger partial charge on any atom is -0.493 e. The van der Waals surface area contributed by atoms with Crippen molar-refractivity contribution in [3.63, 3.8) is 0 Å². The summed E-state index contributed by atoms with van der Waals surface area (Å²) in [6.07, 6.45) is 6.62. The first-order valence-corrected chi connectivity index (χ1v) is 5.96. The fourth-order valence-electron chi connectivity index (χ4n) is 2.18. The number of rotatable bonds is 4. The molecule has 0 amide bonds. The second kappa shape index (κ2) is 5.66. The van der Waals surface area contributed by atoms with Crippen LogP contribution in [0, 0.1) is 0 Å². The van der Waals surface area contributed by atoms with Crippen LogP contribution < -0.4 is 0 Å². The molecule has 0 bridgehead atoms. The zero-order valence-corrected chi connectivity index (χ0v) is 9.80. The van der Waals surface area contributed by atoms with Gasteiger partial charge in [-0.1, -0.05) is 0 Å². The predicted octanol–water partition coefficient (Wildman–Crippen LogP) is 0.933. The summed E-state index contributed by atoms with van der Waals surface area (Å²) in [5.74, 6) is 0.788. The second-order valence-corrected chi connectivity index (χ2v) is 4.18. The Hall–Kier alpha value is -1.58. The highest BCUT2D eigenvalue weighted by atomic mass is 16.5. The van der Waals surface area contributed by atoms with Gasteiger partial charge in [0.1, 0.15) is 18.8 Å². The first-order chi connectivity index (χ1) is 8.35. The summed E-state index contributed by atoms with van der Waals surface area (Å²) in [5, 5.41) is 8.81. The molecule has 1 aliphatic heterocycles. The van der Waals surface area contributed by atoms with E-state index in [-0.39, 0.29) is 13.2 Å². The molecule has 2 rings (SSSR count). The summed E-state index contributed by atoms with van der Waals surface area (Å²) in [6.45, 7) is 2.35. The van der Waals surface area contributed by atoms with Crippen molar-refractivity contribution in [2.75, 3.05) is 26.3 Å². The Morgan fingerprint density at radius 3 is 2.76 bits per heavy atom. The van der Waals surface area contributed by atoms with Gasteiger partial charge in [0.25, 0.3) is 5.71 Å². The van der Waals surface area contributed by atoms with E-state index in [9.17, 15) is 0 Å². The molecule has 1 saturated heterocycles. The molecule has 0 unspecified atom stereocenters. The minimum atomic E-state index is -0.00784. The molecule has 0 aromatic rings. The van der Waals surface area contributed by atoms with Crippen LogP contribution in [-0.2, 0) is 4.74 Å². The molecule has 1 aliphatic carbocycles. The van der Waals surface area contributed by atoms with E-state index in [0.717, 1.165) is 24.5 Å². The molecule has 92 valence electrons. The molecule has 1 N–H and O–H groups in total. The quantitative estimate of drug-likeness (QED) is 0.582. The maximum absolute atomic E-state index is 8.81. The third-order valence-electron chi connectivity index (χ3n) is 3.00. The van der Waals surface area contributed by atoms with Crippen molar-refractivity contribution in [2.45, 2.75) is 19.3 Å². The lowest BCUT2D eigenvalue weighted by molar-refractivity contribution is -0.00735. The molecule has 0 radical (unpaired) electrons. The van der Waals surface area contributed by atoms with Crippen LogP contribution in [0.2, 0.25) is 0 Å². The maximum Gasteiger partial charge on any atom is 0.299 e. The van der Waals surface area contributed by atoms with E-state index >= 15 is 0 Å². The number of likely N-dealkylation sites (tertiary alicyclic amines) is 1. The average molecular weight is 235 g/mol. The largest absolute Gasteiger partial charge is 0.493 e. The van der Waals surface area contributed by atoms with Gasteiger partial charge in [-0.15, -0.1) is 0 Å². The van der Waals surface area contributed by atoms with Crippen LogP contribution in [0.4, 0.5) is 0 Å². The van der Waals surface area contributed by atoms with Gasteiger partial charge in [0.15, 0.2) is 0 Å². The predicted molar refractivity (Wildman–Crippen MR) is 63.3 cm³/mol. The summed E-state index contributed by atoms with van der Waals surface area (Å²) < 4.78 is 5.53. The number of aliphatic hydroxyl groups excluding tert-OH is 1. The fourth-order valence-corrected chi connectivity index (χ4v) is 2.18. The summed E-state index contributed by atoms with van der Waals surface area (Å²) in [4.78, 5) is 5.48. The third kappa shape index (κ3) is 2.75. The van der Waals surface area contributed by atoms with Crippen LogP contribution in [0.25, 0.3) is 5.53 Å². The van der Waals surface area contributed by atoms with Crippen molar-refractivity contribution in [2.24, 2.45) is 0 Å². The molecule has 17 heavy (non-hydrogen) atoms. The van der Waals surface area contributed by atoms with Gasteiger partial charge in [0, 0.05) is 19.2 Å². The summed E-state index contributed by atoms with van der Waals surface area (Å²) >= 11 is 0. The van der Waals surface area contributed by atoms with Crippen LogP contribution in [0.1, 0.15) is 19.3 Å². The van der Waals surface area contributed by atoms with Crippen LogP contribution in [-0.4, -0.2) is 46.8 Å². The van der Waals surface area contributed by atoms with Gasteiger partial charge >= 0.3 is 0 Å². The number of hydrogen-bond donors (Lipinski definition) is 1. The highest BCUT2D eigenvalue weighted by Crippen LogP contribution is 2.24. The van der Waals surface area contributed by atoms with E-state index in [2.05, 4.69) is 9.69 Å². The van der Waals surface area contributed by atoms with E-state index in [1.807, 2.05) is 6.08 Å². The molecule has 0 spiro atoms. The van der Waals surface area contributed by atoms with Gasteiger partial charge in [-0.2, -0.15) is 4.79 Å². The van der Waals surface area contributed by atoms with Crippen LogP contribution in [0.5, 0.6) is 0 Å². The zero-order chi connectivity index (χ0) is 12.1. The lowest BCUT2D eigenvalue weighted by atomic mass is 10.1. The standard InChI is InChI=1S/C12H17N3O2/c13-14-10-3-4-11(15-5-1-2-6-15)12(9-10)17-8-7-16/h3-4,16H,1-2,5-9H2. The molecule has 5 heteroatoms. The Labute approximate surface area is 101 Å². The van der Waals surface area contributed by atoms with E-state index in [1.54, 1.807) is 6.08 Å². The third-order valence-corrected chi connectivity index (χ3v) is 3.00. The van der Waals surface area contributed by atoms with Crippen molar-refractivity contribution < 1.29 is 14.6 Å². The lowest BCUT2D eigenvalue weighted by Crippen LogP contribution is -2.23.